The standard InChI is InChI=1S/C16H18F3NO2/c1-3-4-5-13(21)14-10(2)20-15(22-14)11-6-8-12(9-7-11)16(17,18)19/h6-9,13,21H,3-5H2,1-2H3. The van der Waals surface area contributed by atoms with Gasteiger partial charge in [-0.3, -0.25) is 0 Å². The van der Waals surface area contributed by atoms with Gasteiger partial charge in [-0.05, 0) is 37.6 Å². The third-order valence-corrected chi connectivity index (χ3v) is 3.43. The molecule has 0 aliphatic rings. The summed E-state index contributed by atoms with van der Waals surface area (Å²) >= 11 is 0. The molecule has 22 heavy (non-hydrogen) atoms. The quantitative estimate of drug-likeness (QED) is 0.854. The number of hydrogen-bond acceptors (Lipinski definition) is 3. The van der Waals surface area contributed by atoms with E-state index in [1.165, 1.54) is 12.1 Å². The summed E-state index contributed by atoms with van der Waals surface area (Å²) in [6.07, 6.45) is -2.73. The van der Waals surface area contributed by atoms with Gasteiger partial charge in [-0.2, -0.15) is 13.2 Å². The maximum Gasteiger partial charge on any atom is 0.416 e. The number of aromatic nitrogens is 1. The number of benzene rings is 1. The van der Waals surface area contributed by atoms with Crippen LogP contribution in [0.15, 0.2) is 28.7 Å². The first-order valence-electron chi connectivity index (χ1n) is 7.16. The molecule has 1 aromatic heterocycles. The van der Waals surface area contributed by atoms with Crippen LogP contribution in [0.1, 0.15) is 49.3 Å². The smallest absolute Gasteiger partial charge is 0.416 e. The Bertz CT molecular complexity index is 617. The minimum Gasteiger partial charge on any atom is -0.438 e. The number of unbranched alkanes of at least 4 members (excludes halogenated alkanes) is 1. The number of aliphatic hydroxyl groups excluding tert-OH is 1. The van der Waals surface area contributed by atoms with Gasteiger partial charge in [-0.15, -0.1) is 0 Å². The zero-order chi connectivity index (χ0) is 16.3. The lowest BCUT2D eigenvalue weighted by Crippen LogP contribution is -2.03. The van der Waals surface area contributed by atoms with E-state index in [2.05, 4.69) is 4.98 Å². The van der Waals surface area contributed by atoms with Gasteiger partial charge in [0.2, 0.25) is 5.89 Å². The minimum absolute atomic E-state index is 0.219. The molecular formula is C16H18F3NO2. The van der Waals surface area contributed by atoms with Crippen LogP contribution in [-0.2, 0) is 6.18 Å². The summed E-state index contributed by atoms with van der Waals surface area (Å²) in [5.74, 6) is 0.597. The number of oxazole rings is 1. The highest BCUT2D eigenvalue weighted by molar-refractivity contribution is 5.54. The molecule has 1 heterocycles. The molecule has 0 spiro atoms. The van der Waals surface area contributed by atoms with E-state index < -0.39 is 17.8 Å². The van der Waals surface area contributed by atoms with E-state index in [4.69, 9.17) is 4.42 Å². The molecule has 6 heteroatoms. The minimum atomic E-state index is -4.37. The van der Waals surface area contributed by atoms with Crippen molar-refractivity contribution in [2.45, 2.75) is 45.4 Å². The van der Waals surface area contributed by atoms with Crippen molar-refractivity contribution in [2.75, 3.05) is 0 Å². The molecule has 0 saturated heterocycles. The summed E-state index contributed by atoms with van der Waals surface area (Å²) in [6, 6.07) is 4.61. The lowest BCUT2D eigenvalue weighted by Gasteiger charge is -2.07. The van der Waals surface area contributed by atoms with Crippen molar-refractivity contribution in [2.24, 2.45) is 0 Å². The second kappa shape index (κ2) is 6.52. The average molecular weight is 313 g/mol. The average Bonchev–Trinajstić information content (AvgIpc) is 2.86. The fourth-order valence-corrected chi connectivity index (χ4v) is 2.17. The van der Waals surface area contributed by atoms with Crippen LogP contribution in [0.3, 0.4) is 0 Å². The Hall–Kier alpha value is -1.82. The third-order valence-electron chi connectivity index (χ3n) is 3.43. The van der Waals surface area contributed by atoms with Crippen LogP contribution in [0.2, 0.25) is 0 Å². The number of hydrogen-bond donors (Lipinski definition) is 1. The molecule has 0 radical (unpaired) electrons. The van der Waals surface area contributed by atoms with Gasteiger partial charge in [0, 0.05) is 5.56 Å². The van der Waals surface area contributed by atoms with E-state index in [1.807, 2.05) is 6.92 Å². The van der Waals surface area contributed by atoms with E-state index >= 15 is 0 Å². The van der Waals surface area contributed by atoms with E-state index in [0.29, 0.717) is 23.4 Å². The molecule has 0 amide bonds. The van der Waals surface area contributed by atoms with Gasteiger partial charge >= 0.3 is 6.18 Å². The summed E-state index contributed by atoms with van der Waals surface area (Å²) in [4.78, 5) is 4.19. The Morgan fingerprint density at radius 1 is 1.23 bits per heavy atom. The molecular weight excluding hydrogens is 295 g/mol. The van der Waals surface area contributed by atoms with Crippen LogP contribution in [0, 0.1) is 6.92 Å². The van der Waals surface area contributed by atoms with E-state index in [-0.39, 0.29) is 5.89 Å². The zero-order valence-corrected chi connectivity index (χ0v) is 12.4. The largest absolute Gasteiger partial charge is 0.438 e. The van der Waals surface area contributed by atoms with Crippen molar-refractivity contribution in [3.63, 3.8) is 0 Å². The van der Waals surface area contributed by atoms with Gasteiger partial charge in [-0.1, -0.05) is 19.8 Å². The number of rotatable bonds is 5. The Labute approximate surface area is 126 Å². The van der Waals surface area contributed by atoms with Crippen molar-refractivity contribution < 1.29 is 22.7 Å². The predicted molar refractivity (Wildman–Crippen MR) is 76.2 cm³/mol. The van der Waals surface area contributed by atoms with Crippen LogP contribution in [0.5, 0.6) is 0 Å². The Morgan fingerprint density at radius 3 is 2.41 bits per heavy atom. The molecule has 0 aliphatic carbocycles. The third kappa shape index (κ3) is 3.68. The fraction of sp³-hybridized carbons (Fsp3) is 0.438. The highest BCUT2D eigenvalue weighted by atomic mass is 19.4. The van der Waals surface area contributed by atoms with Gasteiger partial charge in [0.25, 0.3) is 0 Å². The summed E-state index contributed by atoms with van der Waals surface area (Å²) in [5.41, 5.74) is 0.284. The van der Waals surface area contributed by atoms with Crippen LogP contribution < -0.4 is 0 Å². The van der Waals surface area contributed by atoms with E-state index in [9.17, 15) is 18.3 Å². The van der Waals surface area contributed by atoms with Gasteiger partial charge in [0.1, 0.15) is 6.10 Å². The van der Waals surface area contributed by atoms with Crippen molar-refractivity contribution in [3.8, 4) is 11.5 Å². The molecule has 0 fully saturated rings. The molecule has 2 rings (SSSR count). The fourth-order valence-electron chi connectivity index (χ4n) is 2.17. The zero-order valence-electron chi connectivity index (χ0n) is 12.4. The Kier molecular flexibility index (Phi) is 4.90. The molecule has 3 nitrogen and oxygen atoms in total. The normalized spacial score (nSPS) is 13.4. The lowest BCUT2D eigenvalue weighted by molar-refractivity contribution is -0.137. The number of halogens is 3. The molecule has 2 aromatic rings. The second-order valence-corrected chi connectivity index (χ2v) is 5.20. The molecule has 1 N–H and O–H groups in total. The van der Waals surface area contributed by atoms with Crippen molar-refractivity contribution in [1.82, 2.24) is 4.98 Å². The van der Waals surface area contributed by atoms with Crippen molar-refractivity contribution in [3.05, 3.63) is 41.3 Å². The molecule has 120 valence electrons. The maximum atomic E-state index is 12.5. The second-order valence-electron chi connectivity index (χ2n) is 5.20. The molecule has 1 aromatic carbocycles. The van der Waals surface area contributed by atoms with Crippen LogP contribution >= 0.6 is 0 Å². The first-order valence-corrected chi connectivity index (χ1v) is 7.16. The van der Waals surface area contributed by atoms with Gasteiger partial charge in [0.15, 0.2) is 5.76 Å². The van der Waals surface area contributed by atoms with Crippen LogP contribution in [0.25, 0.3) is 11.5 Å². The van der Waals surface area contributed by atoms with Gasteiger partial charge in [-0.25, -0.2) is 4.98 Å². The lowest BCUT2D eigenvalue weighted by atomic mass is 10.1. The van der Waals surface area contributed by atoms with Crippen molar-refractivity contribution >= 4 is 0 Å². The molecule has 1 unspecified atom stereocenters. The van der Waals surface area contributed by atoms with E-state index in [1.54, 1.807) is 6.92 Å². The SMILES string of the molecule is CCCCC(O)c1oc(-c2ccc(C(F)(F)F)cc2)nc1C. The monoisotopic (exact) mass is 313 g/mol. The first-order chi connectivity index (χ1) is 10.3. The number of nitrogens with zero attached hydrogens (tertiary/aromatic N) is 1. The van der Waals surface area contributed by atoms with Crippen LogP contribution in [-0.4, -0.2) is 10.1 Å². The summed E-state index contributed by atoms with van der Waals surface area (Å²) < 4.78 is 43.2. The maximum absolute atomic E-state index is 12.5. The molecule has 1 atom stereocenters. The highest BCUT2D eigenvalue weighted by Crippen LogP contribution is 2.32. The van der Waals surface area contributed by atoms with Gasteiger partial charge in [0.05, 0.1) is 11.3 Å². The summed E-state index contributed by atoms with van der Waals surface area (Å²) in [6.45, 7) is 3.73. The highest BCUT2D eigenvalue weighted by Gasteiger charge is 2.30. The Morgan fingerprint density at radius 2 is 1.86 bits per heavy atom. The number of alkyl halides is 3. The molecule has 0 saturated carbocycles. The first kappa shape index (κ1) is 16.5. The van der Waals surface area contributed by atoms with Crippen molar-refractivity contribution in [1.29, 1.82) is 0 Å². The van der Waals surface area contributed by atoms with Gasteiger partial charge < -0.3 is 9.52 Å². The number of aliphatic hydroxyl groups is 1. The predicted octanol–water partition coefficient (Wildman–Crippen LogP) is 4.89. The molecule has 0 bridgehead atoms. The van der Waals surface area contributed by atoms with E-state index in [0.717, 1.165) is 25.0 Å². The molecule has 0 aliphatic heterocycles. The topological polar surface area (TPSA) is 46.3 Å². The summed E-state index contributed by atoms with van der Waals surface area (Å²) in [5, 5.41) is 10.1. The summed E-state index contributed by atoms with van der Waals surface area (Å²) in [7, 11) is 0. The number of aryl methyl sites for hydroxylation is 1. The van der Waals surface area contributed by atoms with Crippen LogP contribution in [0.4, 0.5) is 13.2 Å². The Balaban J connectivity index is 2.23.